The molecule has 0 bridgehead atoms. The third-order valence-corrected chi connectivity index (χ3v) is 2.87. The van der Waals surface area contributed by atoms with Gasteiger partial charge in [-0.1, -0.05) is 60.7 Å². The zero-order valence-electron chi connectivity index (χ0n) is 12.0. The van der Waals surface area contributed by atoms with Crippen LogP contribution >= 0.6 is 24.4 Å². The molecule has 0 radical (unpaired) electrons. The first kappa shape index (κ1) is 22.2. The van der Waals surface area contributed by atoms with Crippen LogP contribution in [-0.4, -0.2) is 8.77 Å². The summed E-state index contributed by atoms with van der Waals surface area (Å²) in [7, 11) is 0. The second-order valence-electron chi connectivity index (χ2n) is 4.05. The largest absolute Gasteiger partial charge is 2.00 e. The smallest absolute Gasteiger partial charge is 0.509 e. The fourth-order valence-corrected chi connectivity index (χ4v) is 1.67. The van der Waals surface area contributed by atoms with Crippen LogP contribution < -0.4 is 0 Å². The van der Waals surface area contributed by atoms with Crippen molar-refractivity contribution >= 4 is 58.5 Å². The molecule has 0 atom stereocenters. The van der Waals surface area contributed by atoms with Gasteiger partial charge in [0.2, 0.25) is 0 Å². The van der Waals surface area contributed by atoms with Crippen molar-refractivity contribution < 1.29 is 26.0 Å². The summed E-state index contributed by atoms with van der Waals surface area (Å²) in [5.74, 6) is 0. The first-order valence-electron chi connectivity index (χ1n) is 6.33. The van der Waals surface area contributed by atoms with Crippen LogP contribution in [0.5, 0.6) is 0 Å². The van der Waals surface area contributed by atoms with Crippen molar-refractivity contribution in [3.8, 4) is 0 Å². The Balaban J connectivity index is 0.000000403. The molecule has 7 heteroatoms. The maximum Gasteiger partial charge on any atom is 2.00 e. The van der Waals surface area contributed by atoms with Gasteiger partial charge in [-0.3, -0.25) is 0 Å². The number of rotatable bonds is 4. The summed E-state index contributed by atoms with van der Waals surface area (Å²) in [6, 6.07) is 19.6. The van der Waals surface area contributed by atoms with Crippen molar-refractivity contribution in [1.29, 1.82) is 0 Å². The standard InChI is InChI=1S/2C8H8OS2.Ni/c2*10-8(11)9-6-7-4-2-1-3-5-7;/h2*1-5H,6H2,(H,10,11);/q;;+2/p-2. The molecule has 0 heterocycles. The van der Waals surface area contributed by atoms with Crippen LogP contribution in [0, 0.1) is 0 Å². The van der Waals surface area contributed by atoms with Crippen LogP contribution in [0.15, 0.2) is 60.7 Å². The van der Waals surface area contributed by atoms with Gasteiger partial charge < -0.3 is 59.2 Å². The topological polar surface area (TPSA) is 18.5 Å². The van der Waals surface area contributed by atoms with Crippen LogP contribution in [0.4, 0.5) is 0 Å². The van der Waals surface area contributed by atoms with E-state index in [1.165, 1.54) is 0 Å². The van der Waals surface area contributed by atoms with E-state index in [1.54, 1.807) is 0 Å². The van der Waals surface area contributed by atoms with Crippen LogP contribution in [0.1, 0.15) is 11.1 Å². The van der Waals surface area contributed by atoms with Gasteiger partial charge in [0.1, 0.15) is 13.2 Å². The summed E-state index contributed by atoms with van der Waals surface area (Å²) < 4.78 is 10.3. The molecule has 0 aliphatic rings. The van der Waals surface area contributed by atoms with Gasteiger partial charge in [0.25, 0.3) is 0 Å². The number of hydrogen-bond acceptors (Lipinski definition) is 6. The predicted molar refractivity (Wildman–Crippen MR) is 102 cm³/mol. The molecular weight excluding hydrogens is 411 g/mol. The second-order valence-corrected chi connectivity index (χ2v) is 6.05. The Labute approximate surface area is 168 Å². The van der Waals surface area contributed by atoms with Gasteiger partial charge in [0.05, 0.1) is 0 Å². The molecule has 0 unspecified atom stereocenters. The number of benzene rings is 2. The molecule has 23 heavy (non-hydrogen) atoms. The van der Waals surface area contributed by atoms with E-state index in [1.807, 2.05) is 60.7 Å². The fraction of sp³-hybridized carbons (Fsp3) is 0.125. The van der Waals surface area contributed by atoms with Gasteiger partial charge in [-0.25, -0.2) is 0 Å². The molecule has 0 spiro atoms. The molecule has 0 fully saturated rings. The van der Waals surface area contributed by atoms with Gasteiger partial charge in [-0.2, -0.15) is 0 Å². The Kier molecular flexibility index (Phi) is 13.1. The van der Waals surface area contributed by atoms with Crippen molar-refractivity contribution in [2.45, 2.75) is 13.2 Å². The number of thiocarbonyl (C=S) groups is 2. The van der Waals surface area contributed by atoms with Crippen molar-refractivity contribution in [2.75, 3.05) is 0 Å². The maximum atomic E-state index is 4.97. The van der Waals surface area contributed by atoms with E-state index in [0.29, 0.717) is 13.2 Å². The fourth-order valence-electron chi connectivity index (χ4n) is 1.43. The van der Waals surface area contributed by atoms with Crippen LogP contribution in [0.25, 0.3) is 0 Å². The zero-order chi connectivity index (χ0) is 16.2. The molecule has 0 aliphatic carbocycles. The van der Waals surface area contributed by atoms with Gasteiger partial charge in [0.15, 0.2) is 0 Å². The SMILES string of the molecule is S=C([S-])OCc1ccccc1.S=C([S-])OCc1ccccc1.[Ni+2]. The molecule has 0 aliphatic heterocycles. The van der Waals surface area contributed by atoms with E-state index in [-0.39, 0.29) is 25.3 Å². The average Bonchev–Trinajstić information content (AvgIpc) is 2.53. The molecule has 0 saturated heterocycles. The Morgan fingerprint density at radius 3 is 1.26 bits per heavy atom. The Morgan fingerprint density at radius 1 is 0.696 bits per heavy atom. The minimum absolute atomic E-state index is 0. The molecule has 2 aromatic rings. The molecule has 0 amide bonds. The van der Waals surface area contributed by atoms with Crippen molar-refractivity contribution in [1.82, 2.24) is 0 Å². The number of ether oxygens (including phenoxy) is 2. The first-order valence-corrected chi connectivity index (χ1v) is 7.96. The second kappa shape index (κ2) is 13.6. The van der Waals surface area contributed by atoms with Crippen LogP contribution in [0.2, 0.25) is 0 Å². The molecular formula is C16H14NiO2S4. The van der Waals surface area contributed by atoms with Crippen LogP contribution in [0.3, 0.4) is 0 Å². The summed E-state index contributed by atoms with van der Waals surface area (Å²) in [5.41, 5.74) is 2.17. The monoisotopic (exact) mass is 424 g/mol. The summed E-state index contributed by atoms with van der Waals surface area (Å²) in [4.78, 5) is 0. The minimum atomic E-state index is 0. The normalized spacial score (nSPS) is 8.70. The van der Waals surface area contributed by atoms with E-state index in [4.69, 9.17) is 9.47 Å². The zero-order valence-corrected chi connectivity index (χ0v) is 16.2. The number of hydrogen-bond donors (Lipinski definition) is 0. The van der Waals surface area contributed by atoms with Crippen molar-refractivity contribution in [2.24, 2.45) is 0 Å². The predicted octanol–water partition coefficient (Wildman–Crippen LogP) is 4.07. The van der Waals surface area contributed by atoms with E-state index < -0.39 is 0 Å². The summed E-state index contributed by atoms with van der Waals surface area (Å²) in [5, 5.41) is 0. The Bertz CT molecular complexity index is 526. The maximum absolute atomic E-state index is 4.97. The first-order chi connectivity index (χ1) is 10.6. The molecule has 0 N–H and O–H groups in total. The van der Waals surface area contributed by atoms with Gasteiger partial charge in [-0.05, 0) is 11.1 Å². The molecule has 124 valence electrons. The van der Waals surface area contributed by atoms with E-state index in [2.05, 4.69) is 49.7 Å². The van der Waals surface area contributed by atoms with Crippen molar-refractivity contribution in [3.63, 3.8) is 0 Å². The summed E-state index contributed by atoms with van der Waals surface area (Å²) >= 11 is 18.3. The van der Waals surface area contributed by atoms with Crippen molar-refractivity contribution in [3.05, 3.63) is 71.8 Å². The molecule has 2 aromatic carbocycles. The molecule has 0 saturated carbocycles. The molecule has 0 aromatic heterocycles. The minimum Gasteiger partial charge on any atom is -0.509 e. The Morgan fingerprint density at radius 2 is 1.00 bits per heavy atom. The van der Waals surface area contributed by atoms with Gasteiger partial charge in [0, 0.05) is 8.77 Å². The quantitative estimate of drug-likeness (QED) is 0.415. The van der Waals surface area contributed by atoms with Crippen LogP contribution in [-0.2, 0) is 64.4 Å². The summed E-state index contributed by atoms with van der Waals surface area (Å²) in [6.07, 6.45) is 0. The molecule has 2 rings (SSSR count). The van der Waals surface area contributed by atoms with E-state index in [9.17, 15) is 0 Å². The van der Waals surface area contributed by atoms with Gasteiger partial charge >= 0.3 is 16.5 Å². The van der Waals surface area contributed by atoms with E-state index >= 15 is 0 Å². The van der Waals surface area contributed by atoms with E-state index in [0.717, 1.165) is 11.1 Å². The third kappa shape index (κ3) is 12.3. The Hall–Kier alpha value is -0.846. The third-order valence-electron chi connectivity index (χ3n) is 2.40. The molecule has 2 nitrogen and oxygen atoms in total. The van der Waals surface area contributed by atoms with Gasteiger partial charge in [-0.15, -0.1) is 0 Å². The summed E-state index contributed by atoms with van der Waals surface area (Å²) in [6.45, 7) is 0.951. The average molecular weight is 425 g/mol.